The average molecular weight is 407 g/mol. The number of hydrogen-bond acceptors (Lipinski definition) is 5. The first kappa shape index (κ1) is 19.5. The second-order valence-corrected chi connectivity index (χ2v) is 8.90. The Kier molecular flexibility index (Phi) is 5.42. The van der Waals surface area contributed by atoms with Crippen molar-refractivity contribution in [2.24, 2.45) is 11.8 Å². The monoisotopic (exact) mass is 406 g/mol. The van der Waals surface area contributed by atoms with Crippen LogP contribution in [0.1, 0.15) is 36.9 Å². The zero-order valence-corrected chi connectivity index (χ0v) is 17.5. The lowest BCUT2D eigenvalue weighted by Gasteiger charge is -2.35. The number of rotatable bonds is 4. The number of fused-ring (bicyclic) bond motifs is 1. The minimum atomic E-state index is 0.0992. The second kappa shape index (κ2) is 8.34. The highest BCUT2D eigenvalue weighted by molar-refractivity contribution is 5.79. The Morgan fingerprint density at radius 1 is 1.03 bits per heavy atom. The third kappa shape index (κ3) is 3.69. The Labute approximate surface area is 177 Å². The standard InChI is InChI=1S/C24H30N4O2/c29-16-17-9-12-28(15-17)24(30)19-10-13-27(14-11-19)23-20-7-4-8-21(20)25-22(26-23)18-5-2-1-3-6-18/h1-3,5-6,17,19,29H,4,7-16H2/t17-/m0/s1. The van der Waals surface area contributed by atoms with E-state index in [0.29, 0.717) is 0 Å². The molecule has 3 aliphatic rings. The molecule has 1 aromatic heterocycles. The fraction of sp³-hybridized carbons (Fsp3) is 0.542. The first-order valence-electron chi connectivity index (χ1n) is 11.3. The van der Waals surface area contributed by atoms with Gasteiger partial charge in [-0.3, -0.25) is 4.79 Å². The predicted octanol–water partition coefficient (Wildman–Crippen LogP) is 2.69. The van der Waals surface area contributed by atoms with Crippen LogP contribution in [0.5, 0.6) is 0 Å². The molecule has 5 rings (SSSR count). The van der Waals surface area contributed by atoms with E-state index in [0.717, 1.165) is 81.9 Å². The predicted molar refractivity (Wildman–Crippen MR) is 116 cm³/mol. The third-order valence-corrected chi connectivity index (χ3v) is 6.94. The van der Waals surface area contributed by atoms with Crippen LogP contribution in [0.4, 0.5) is 5.82 Å². The van der Waals surface area contributed by atoms with Gasteiger partial charge in [-0.15, -0.1) is 0 Å². The molecule has 2 fully saturated rings. The number of aryl methyl sites for hydroxylation is 1. The van der Waals surface area contributed by atoms with Crippen molar-refractivity contribution in [1.29, 1.82) is 0 Å². The van der Waals surface area contributed by atoms with E-state index < -0.39 is 0 Å². The van der Waals surface area contributed by atoms with Crippen molar-refractivity contribution in [3.05, 3.63) is 41.6 Å². The van der Waals surface area contributed by atoms with E-state index in [9.17, 15) is 9.90 Å². The van der Waals surface area contributed by atoms with Crippen molar-refractivity contribution in [3.63, 3.8) is 0 Å². The molecule has 2 aromatic rings. The second-order valence-electron chi connectivity index (χ2n) is 8.90. The van der Waals surface area contributed by atoms with Crippen LogP contribution in [0.3, 0.4) is 0 Å². The fourth-order valence-electron chi connectivity index (χ4n) is 5.17. The molecule has 2 saturated heterocycles. The van der Waals surface area contributed by atoms with Crippen LogP contribution in [-0.2, 0) is 17.6 Å². The van der Waals surface area contributed by atoms with Gasteiger partial charge in [0.25, 0.3) is 0 Å². The van der Waals surface area contributed by atoms with Gasteiger partial charge in [-0.2, -0.15) is 0 Å². The number of anilines is 1. The minimum absolute atomic E-state index is 0.0992. The topological polar surface area (TPSA) is 69.6 Å². The largest absolute Gasteiger partial charge is 0.396 e. The first-order chi connectivity index (χ1) is 14.7. The van der Waals surface area contributed by atoms with Crippen molar-refractivity contribution >= 4 is 11.7 Å². The maximum atomic E-state index is 12.9. The molecule has 0 spiro atoms. The van der Waals surface area contributed by atoms with Gasteiger partial charge in [0.1, 0.15) is 5.82 Å². The molecule has 0 bridgehead atoms. The summed E-state index contributed by atoms with van der Waals surface area (Å²) in [6, 6.07) is 10.2. The van der Waals surface area contributed by atoms with Gasteiger partial charge in [0.15, 0.2) is 5.82 Å². The molecular weight excluding hydrogens is 376 g/mol. The van der Waals surface area contributed by atoms with Crippen LogP contribution in [0.2, 0.25) is 0 Å². The van der Waals surface area contributed by atoms with E-state index in [1.165, 1.54) is 11.3 Å². The van der Waals surface area contributed by atoms with Crippen LogP contribution >= 0.6 is 0 Å². The van der Waals surface area contributed by atoms with Crippen LogP contribution in [0.15, 0.2) is 30.3 Å². The van der Waals surface area contributed by atoms with Gasteiger partial charge in [0, 0.05) is 61.4 Å². The van der Waals surface area contributed by atoms with E-state index in [-0.39, 0.29) is 24.3 Å². The Morgan fingerprint density at radius 3 is 2.57 bits per heavy atom. The molecule has 2 aliphatic heterocycles. The summed E-state index contributed by atoms with van der Waals surface area (Å²) in [7, 11) is 0. The van der Waals surface area contributed by atoms with E-state index >= 15 is 0 Å². The molecule has 1 atom stereocenters. The number of aromatic nitrogens is 2. The van der Waals surface area contributed by atoms with Crippen LogP contribution < -0.4 is 4.90 Å². The van der Waals surface area contributed by atoms with Crippen LogP contribution in [0.25, 0.3) is 11.4 Å². The molecule has 0 unspecified atom stereocenters. The quantitative estimate of drug-likeness (QED) is 0.845. The number of benzene rings is 1. The van der Waals surface area contributed by atoms with Gasteiger partial charge in [0.05, 0.1) is 0 Å². The molecule has 0 radical (unpaired) electrons. The SMILES string of the molecule is O=C(C1CCN(c2nc(-c3ccccc3)nc3c2CCC3)CC1)N1CC[C@H](CO)C1. The Bertz CT molecular complexity index is 909. The zero-order valence-electron chi connectivity index (χ0n) is 17.5. The molecule has 1 aromatic carbocycles. The minimum Gasteiger partial charge on any atom is -0.396 e. The third-order valence-electron chi connectivity index (χ3n) is 6.94. The number of nitrogens with zero attached hydrogens (tertiary/aromatic N) is 4. The molecule has 1 aliphatic carbocycles. The molecule has 30 heavy (non-hydrogen) atoms. The van der Waals surface area contributed by atoms with Crippen molar-refractivity contribution in [2.75, 3.05) is 37.7 Å². The normalized spacial score (nSPS) is 21.8. The fourth-order valence-corrected chi connectivity index (χ4v) is 5.17. The van der Waals surface area contributed by atoms with E-state index in [1.807, 2.05) is 23.1 Å². The summed E-state index contributed by atoms with van der Waals surface area (Å²) in [5.74, 6) is 2.54. The van der Waals surface area contributed by atoms with E-state index in [4.69, 9.17) is 9.97 Å². The summed E-state index contributed by atoms with van der Waals surface area (Å²) in [5.41, 5.74) is 3.57. The highest BCUT2D eigenvalue weighted by Crippen LogP contribution is 2.34. The lowest BCUT2D eigenvalue weighted by Crippen LogP contribution is -2.42. The zero-order chi connectivity index (χ0) is 20.5. The summed E-state index contributed by atoms with van der Waals surface area (Å²) in [6.07, 6.45) is 5.90. The molecule has 6 nitrogen and oxygen atoms in total. The molecule has 1 N–H and O–H groups in total. The van der Waals surface area contributed by atoms with Gasteiger partial charge < -0.3 is 14.9 Å². The van der Waals surface area contributed by atoms with Gasteiger partial charge in [0.2, 0.25) is 5.91 Å². The summed E-state index contributed by atoms with van der Waals surface area (Å²) < 4.78 is 0. The van der Waals surface area contributed by atoms with Crippen molar-refractivity contribution < 1.29 is 9.90 Å². The Hall–Kier alpha value is -2.47. The number of piperidine rings is 1. The van der Waals surface area contributed by atoms with Crippen molar-refractivity contribution in [3.8, 4) is 11.4 Å². The van der Waals surface area contributed by atoms with Gasteiger partial charge in [-0.25, -0.2) is 9.97 Å². The number of aliphatic hydroxyl groups excluding tert-OH is 1. The summed E-state index contributed by atoms with van der Waals surface area (Å²) >= 11 is 0. The number of carbonyl (C=O) groups is 1. The van der Waals surface area contributed by atoms with E-state index in [2.05, 4.69) is 17.0 Å². The Morgan fingerprint density at radius 2 is 1.83 bits per heavy atom. The Balaban J connectivity index is 1.32. The lowest BCUT2D eigenvalue weighted by molar-refractivity contribution is -0.135. The summed E-state index contributed by atoms with van der Waals surface area (Å²) in [6.45, 7) is 3.43. The molecule has 158 valence electrons. The van der Waals surface area contributed by atoms with Gasteiger partial charge in [-0.05, 0) is 38.5 Å². The number of aliphatic hydroxyl groups is 1. The van der Waals surface area contributed by atoms with Gasteiger partial charge in [-0.1, -0.05) is 30.3 Å². The van der Waals surface area contributed by atoms with Crippen LogP contribution in [-0.4, -0.2) is 58.7 Å². The maximum absolute atomic E-state index is 12.9. The van der Waals surface area contributed by atoms with Gasteiger partial charge >= 0.3 is 0 Å². The molecular formula is C24H30N4O2. The summed E-state index contributed by atoms with van der Waals surface area (Å²) in [5, 5.41) is 9.36. The molecule has 6 heteroatoms. The molecule has 1 amide bonds. The molecule has 0 saturated carbocycles. The summed E-state index contributed by atoms with van der Waals surface area (Å²) in [4.78, 5) is 27.1. The smallest absolute Gasteiger partial charge is 0.225 e. The van der Waals surface area contributed by atoms with Crippen molar-refractivity contribution in [1.82, 2.24) is 14.9 Å². The van der Waals surface area contributed by atoms with Crippen molar-refractivity contribution in [2.45, 2.75) is 38.5 Å². The number of likely N-dealkylation sites (tertiary alicyclic amines) is 1. The first-order valence-corrected chi connectivity index (χ1v) is 11.3. The average Bonchev–Trinajstić information content (AvgIpc) is 3.48. The molecule has 3 heterocycles. The highest BCUT2D eigenvalue weighted by atomic mass is 16.3. The highest BCUT2D eigenvalue weighted by Gasteiger charge is 2.34. The maximum Gasteiger partial charge on any atom is 0.225 e. The van der Waals surface area contributed by atoms with E-state index in [1.54, 1.807) is 0 Å². The lowest BCUT2D eigenvalue weighted by atomic mass is 9.95. The number of amides is 1. The number of carbonyl (C=O) groups excluding carboxylic acids is 1. The van der Waals surface area contributed by atoms with Crippen LogP contribution in [0, 0.1) is 11.8 Å². The number of hydrogen-bond donors (Lipinski definition) is 1.